The molecule has 2 aromatic rings. The molecule has 0 amide bonds. The van der Waals surface area contributed by atoms with E-state index in [1.165, 1.54) is 0 Å². The van der Waals surface area contributed by atoms with Gasteiger partial charge in [-0.25, -0.2) is 0 Å². The minimum absolute atomic E-state index is 0.165. The molecule has 0 radical (unpaired) electrons. The third-order valence-corrected chi connectivity index (χ3v) is 5.06. The number of guanidine groups is 1. The summed E-state index contributed by atoms with van der Waals surface area (Å²) in [5.74, 6) is 3.88. The second kappa shape index (κ2) is 10.6. The van der Waals surface area contributed by atoms with Crippen molar-refractivity contribution in [3.8, 4) is 23.0 Å². The van der Waals surface area contributed by atoms with Gasteiger partial charge in [-0.05, 0) is 19.4 Å². The Morgan fingerprint density at radius 1 is 1.10 bits per heavy atom. The number of aliphatic imine (C=N–C) groups is 1. The number of fused-ring (bicyclic) bond motifs is 1. The average molecular weight is 414 g/mol. The smallest absolute Gasteiger partial charge is 0.191 e. The maximum Gasteiger partial charge on any atom is 0.191 e. The standard InChI is InChI=1S/C23H31N3O4/c1-5-24-23(26-19-11-13-30-20-9-7-6-8-17(19)20)25-12-10-18-21(28-3)14-16(27-2)15-22(18)29-4/h6-9,14-15,19H,5,10-13H2,1-4H3,(H2,24,25,26). The normalized spacial score (nSPS) is 15.6. The lowest BCUT2D eigenvalue weighted by Crippen LogP contribution is -2.41. The zero-order valence-corrected chi connectivity index (χ0v) is 18.2. The molecule has 2 aromatic carbocycles. The van der Waals surface area contributed by atoms with Gasteiger partial charge in [0, 0.05) is 42.8 Å². The van der Waals surface area contributed by atoms with Crippen LogP contribution in [0.4, 0.5) is 0 Å². The Morgan fingerprint density at radius 2 is 1.83 bits per heavy atom. The maximum atomic E-state index is 5.77. The number of nitrogens with zero attached hydrogens (tertiary/aromatic N) is 1. The number of hydrogen-bond acceptors (Lipinski definition) is 5. The summed E-state index contributed by atoms with van der Waals surface area (Å²) < 4.78 is 22.2. The van der Waals surface area contributed by atoms with Crippen molar-refractivity contribution in [1.82, 2.24) is 10.6 Å². The fourth-order valence-corrected chi connectivity index (χ4v) is 3.58. The summed E-state index contributed by atoms with van der Waals surface area (Å²) >= 11 is 0. The van der Waals surface area contributed by atoms with E-state index in [9.17, 15) is 0 Å². The molecule has 0 bridgehead atoms. The SMILES string of the molecule is CCNC(=NCCc1c(OC)cc(OC)cc1OC)NC1CCOc2ccccc21. The van der Waals surface area contributed by atoms with E-state index in [0.717, 1.165) is 47.3 Å². The van der Waals surface area contributed by atoms with E-state index in [2.05, 4.69) is 23.6 Å². The Hall–Kier alpha value is -3.09. The number of hydrogen-bond donors (Lipinski definition) is 2. The molecule has 2 N–H and O–H groups in total. The first kappa shape index (κ1) is 21.6. The van der Waals surface area contributed by atoms with Crippen LogP contribution in [0.3, 0.4) is 0 Å². The third kappa shape index (κ3) is 5.09. The van der Waals surface area contributed by atoms with Gasteiger partial charge in [0.1, 0.15) is 23.0 Å². The van der Waals surface area contributed by atoms with Crippen LogP contribution in [0.25, 0.3) is 0 Å². The molecule has 0 fully saturated rings. The van der Waals surface area contributed by atoms with Gasteiger partial charge in [-0.15, -0.1) is 0 Å². The third-order valence-electron chi connectivity index (χ3n) is 5.06. The van der Waals surface area contributed by atoms with Crippen molar-refractivity contribution in [2.45, 2.75) is 25.8 Å². The van der Waals surface area contributed by atoms with Crippen LogP contribution in [-0.2, 0) is 6.42 Å². The molecule has 0 saturated carbocycles. The van der Waals surface area contributed by atoms with Crippen molar-refractivity contribution in [3.05, 3.63) is 47.5 Å². The van der Waals surface area contributed by atoms with Crippen LogP contribution in [-0.4, -0.2) is 47.0 Å². The minimum Gasteiger partial charge on any atom is -0.496 e. The number of ether oxygens (including phenoxy) is 4. The Bertz CT molecular complexity index is 844. The predicted octanol–water partition coefficient (Wildman–Crippen LogP) is 3.33. The Labute approximate surface area is 178 Å². The Morgan fingerprint density at radius 3 is 2.50 bits per heavy atom. The molecule has 0 aliphatic carbocycles. The number of rotatable bonds is 8. The number of methoxy groups -OCH3 is 3. The highest BCUT2D eigenvalue weighted by atomic mass is 16.5. The Balaban J connectivity index is 1.74. The van der Waals surface area contributed by atoms with E-state index in [-0.39, 0.29) is 6.04 Å². The van der Waals surface area contributed by atoms with Crippen LogP contribution in [0.1, 0.15) is 30.5 Å². The second-order valence-electron chi connectivity index (χ2n) is 6.89. The molecule has 162 valence electrons. The monoisotopic (exact) mass is 413 g/mol. The van der Waals surface area contributed by atoms with Crippen molar-refractivity contribution < 1.29 is 18.9 Å². The molecule has 1 aliphatic heterocycles. The lowest BCUT2D eigenvalue weighted by atomic mass is 10.0. The summed E-state index contributed by atoms with van der Waals surface area (Å²) in [5.41, 5.74) is 2.13. The van der Waals surface area contributed by atoms with Crippen molar-refractivity contribution in [2.75, 3.05) is 41.0 Å². The van der Waals surface area contributed by atoms with E-state index in [1.807, 2.05) is 30.3 Å². The minimum atomic E-state index is 0.165. The molecular weight excluding hydrogens is 382 g/mol. The van der Waals surface area contributed by atoms with Crippen molar-refractivity contribution in [1.29, 1.82) is 0 Å². The fourth-order valence-electron chi connectivity index (χ4n) is 3.58. The molecule has 7 heteroatoms. The first-order chi connectivity index (χ1) is 14.7. The van der Waals surface area contributed by atoms with E-state index >= 15 is 0 Å². The molecule has 30 heavy (non-hydrogen) atoms. The van der Waals surface area contributed by atoms with E-state index in [1.54, 1.807) is 21.3 Å². The molecule has 0 aromatic heterocycles. The van der Waals surface area contributed by atoms with Gasteiger partial charge in [-0.1, -0.05) is 18.2 Å². The van der Waals surface area contributed by atoms with Gasteiger partial charge < -0.3 is 29.6 Å². The number of para-hydroxylation sites is 1. The molecule has 0 spiro atoms. The van der Waals surface area contributed by atoms with Crippen molar-refractivity contribution in [2.24, 2.45) is 4.99 Å². The van der Waals surface area contributed by atoms with E-state index < -0.39 is 0 Å². The lowest BCUT2D eigenvalue weighted by Gasteiger charge is -2.28. The largest absolute Gasteiger partial charge is 0.496 e. The van der Waals surface area contributed by atoms with Crippen molar-refractivity contribution in [3.63, 3.8) is 0 Å². The summed E-state index contributed by atoms with van der Waals surface area (Å²) in [7, 11) is 4.92. The summed E-state index contributed by atoms with van der Waals surface area (Å²) in [6.07, 6.45) is 1.57. The molecule has 1 atom stereocenters. The van der Waals surface area contributed by atoms with Gasteiger partial charge in [0.25, 0.3) is 0 Å². The van der Waals surface area contributed by atoms with Gasteiger partial charge >= 0.3 is 0 Å². The van der Waals surface area contributed by atoms with Crippen LogP contribution in [0, 0.1) is 0 Å². The topological polar surface area (TPSA) is 73.3 Å². The quantitative estimate of drug-likeness (QED) is 0.511. The van der Waals surface area contributed by atoms with Crippen LogP contribution >= 0.6 is 0 Å². The van der Waals surface area contributed by atoms with Crippen molar-refractivity contribution >= 4 is 5.96 Å². The zero-order chi connectivity index (χ0) is 21.3. The van der Waals surface area contributed by atoms with Gasteiger partial charge in [0.15, 0.2) is 5.96 Å². The Kier molecular flexibility index (Phi) is 7.65. The van der Waals surface area contributed by atoms with E-state index in [0.29, 0.717) is 25.3 Å². The highest BCUT2D eigenvalue weighted by Gasteiger charge is 2.22. The highest BCUT2D eigenvalue weighted by molar-refractivity contribution is 5.80. The molecule has 1 heterocycles. The lowest BCUT2D eigenvalue weighted by molar-refractivity contribution is 0.261. The average Bonchev–Trinajstić information content (AvgIpc) is 2.79. The zero-order valence-electron chi connectivity index (χ0n) is 18.2. The molecule has 0 saturated heterocycles. The first-order valence-corrected chi connectivity index (χ1v) is 10.3. The highest BCUT2D eigenvalue weighted by Crippen LogP contribution is 2.34. The summed E-state index contributed by atoms with van der Waals surface area (Å²) in [6, 6.07) is 12.0. The number of nitrogens with one attached hydrogen (secondary N) is 2. The van der Waals surface area contributed by atoms with Crippen LogP contribution in [0.15, 0.2) is 41.4 Å². The fraction of sp³-hybridized carbons (Fsp3) is 0.435. The van der Waals surface area contributed by atoms with Gasteiger partial charge in [-0.3, -0.25) is 4.99 Å². The summed E-state index contributed by atoms with van der Waals surface area (Å²) in [5, 5.41) is 6.89. The number of benzene rings is 2. The predicted molar refractivity (Wildman–Crippen MR) is 118 cm³/mol. The molecular formula is C23H31N3O4. The van der Waals surface area contributed by atoms with Crippen LogP contribution < -0.4 is 29.6 Å². The van der Waals surface area contributed by atoms with Crippen LogP contribution in [0.2, 0.25) is 0 Å². The molecule has 1 unspecified atom stereocenters. The summed E-state index contributed by atoms with van der Waals surface area (Å²) in [4.78, 5) is 4.78. The molecule has 1 aliphatic rings. The molecule has 3 rings (SSSR count). The first-order valence-electron chi connectivity index (χ1n) is 10.3. The maximum absolute atomic E-state index is 5.77. The van der Waals surface area contributed by atoms with Gasteiger partial charge in [0.05, 0.1) is 34.0 Å². The molecule has 7 nitrogen and oxygen atoms in total. The summed E-state index contributed by atoms with van der Waals surface area (Å²) in [6.45, 7) is 4.12. The van der Waals surface area contributed by atoms with Gasteiger partial charge in [0.2, 0.25) is 0 Å². The van der Waals surface area contributed by atoms with Gasteiger partial charge in [-0.2, -0.15) is 0 Å². The van der Waals surface area contributed by atoms with E-state index in [4.69, 9.17) is 23.9 Å². The van der Waals surface area contributed by atoms with Crippen LogP contribution in [0.5, 0.6) is 23.0 Å². The second-order valence-corrected chi connectivity index (χ2v) is 6.89.